The van der Waals surface area contributed by atoms with Crippen molar-refractivity contribution in [1.82, 2.24) is 4.98 Å². The summed E-state index contributed by atoms with van der Waals surface area (Å²) in [6.07, 6.45) is 1.66. The molecule has 3 rings (SSSR count). The number of nitrogens with two attached hydrogens (primary N) is 1. The van der Waals surface area contributed by atoms with E-state index in [0.717, 1.165) is 5.56 Å². The zero-order chi connectivity index (χ0) is 14.8. The van der Waals surface area contributed by atoms with E-state index in [1.807, 2.05) is 42.3 Å². The lowest BCUT2D eigenvalue weighted by molar-refractivity contribution is 0.639. The van der Waals surface area contributed by atoms with Gasteiger partial charge in [-0.15, -0.1) is 0 Å². The quantitative estimate of drug-likeness (QED) is 0.746. The van der Waals surface area contributed by atoms with Crippen molar-refractivity contribution in [3.05, 3.63) is 66.1 Å². The third kappa shape index (κ3) is 2.52. The molecule has 0 atom stereocenters. The molecule has 0 aliphatic carbocycles. The van der Waals surface area contributed by atoms with Crippen LogP contribution in [-0.2, 0) is 6.54 Å². The fraction of sp³-hybridized carbons (Fsp3) is 0.118. The van der Waals surface area contributed by atoms with Crippen molar-refractivity contribution in [1.29, 1.82) is 0 Å². The minimum absolute atomic E-state index is 0.304. The van der Waals surface area contributed by atoms with Crippen molar-refractivity contribution >= 4 is 22.3 Å². The second-order valence-electron chi connectivity index (χ2n) is 5.04. The Labute approximate surface area is 122 Å². The summed E-state index contributed by atoms with van der Waals surface area (Å²) in [6, 6.07) is 14.7. The van der Waals surface area contributed by atoms with Crippen LogP contribution in [0.4, 0.5) is 15.9 Å². The van der Waals surface area contributed by atoms with E-state index in [-0.39, 0.29) is 5.82 Å². The molecule has 1 aromatic heterocycles. The Balaban J connectivity index is 2.06. The lowest BCUT2D eigenvalue weighted by Crippen LogP contribution is -2.18. The van der Waals surface area contributed by atoms with E-state index in [1.54, 1.807) is 18.3 Å². The van der Waals surface area contributed by atoms with Gasteiger partial charge in [-0.1, -0.05) is 30.3 Å². The molecule has 0 saturated heterocycles. The highest BCUT2D eigenvalue weighted by Crippen LogP contribution is 2.30. The Morgan fingerprint density at radius 1 is 1.10 bits per heavy atom. The molecule has 0 aliphatic rings. The van der Waals surface area contributed by atoms with Crippen LogP contribution in [-0.4, -0.2) is 12.0 Å². The summed E-state index contributed by atoms with van der Waals surface area (Å²) >= 11 is 0. The monoisotopic (exact) mass is 281 g/mol. The summed E-state index contributed by atoms with van der Waals surface area (Å²) < 4.78 is 14.2. The fourth-order valence-corrected chi connectivity index (χ4v) is 2.48. The van der Waals surface area contributed by atoms with E-state index in [2.05, 4.69) is 4.98 Å². The van der Waals surface area contributed by atoms with Gasteiger partial charge in [-0.05, 0) is 23.8 Å². The molecule has 0 radical (unpaired) electrons. The van der Waals surface area contributed by atoms with Crippen molar-refractivity contribution in [2.24, 2.45) is 0 Å². The number of aromatic nitrogens is 1. The van der Waals surface area contributed by atoms with Gasteiger partial charge in [0, 0.05) is 30.9 Å². The van der Waals surface area contributed by atoms with Crippen LogP contribution in [0.5, 0.6) is 0 Å². The number of anilines is 2. The summed E-state index contributed by atoms with van der Waals surface area (Å²) in [6.45, 7) is 0.654. The summed E-state index contributed by atoms with van der Waals surface area (Å²) in [5.41, 5.74) is 7.63. The van der Waals surface area contributed by atoms with Gasteiger partial charge in [0.25, 0.3) is 0 Å². The molecule has 106 valence electrons. The number of hydrogen-bond acceptors (Lipinski definition) is 3. The highest BCUT2D eigenvalue weighted by atomic mass is 19.1. The summed E-state index contributed by atoms with van der Waals surface area (Å²) in [5.74, 6) is 0.295. The van der Waals surface area contributed by atoms with Gasteiger partial charge >= 0.3 is 0 Å². The van der Waals surface area contributed by atoms with Gasteiger partial charge < -0.3 is 10.6 Å². The summed E-state index contributed by atoms with van der Waals surface area (Å²) in [7, 11) is 1.90. The van der Waals surface area contributed by atoms with Crippen LogP contribution in [0.3, 0.4) is 0 Å². The van der Waals surface area contributed by atoms with E-state index in [9.17, 15) is 4.39 Å². The van der Waals surface area contributed by atoms with Crippen LogP contribution >= 0.6 is 0 Å². The van der Waals surface area contributed by atoms with Crippen LogP contribution in [0.1, 0.15) is 5.56 Å². The predicted molar refractivity (Wildman–Crippen MR) is 84.7 cm³/mol. The van der Waals surface area contributed by atoms with Crippen molar-refractivity contribution < 1.29 is 4.39 Å². The fourth-order valence-electron chi connectivity index (χ4n) is 2.48. The van der Waals surface area contributed by atoms with E-state index in [0.29, 0.717) is 28.8 Å². The number of rotatable bonds is 3. The Hall–Kier alpha value is -2.62. The first-order valence-corrected chi connectivity index (χ1v) is 6.74. The maximum atomic E-state index is 14.2. The number of fused-ring (bicyclic) bond motifs is 1. The Bertz CT molecular complexity index is 772. The first-order chi connectivity index (χ1) is 10.2. The average Bonchev–Trinajstić information content (AvgIpc) is 2.51. The lowest BCUT2D eigenvalue weighted by Gasteiger charge is -2.20. The molecule has 2 aromatic carbocycles. The molecular weight excluding hydrogens is 265 g/mol. The normalized spacial score (nSPS) is 10.8. The largest absolute Gasteiger partial charge is 0.398 e. The van der Waals surface area contributed by atoms with Gasteiger partial charge in [0.1, 0.15) is 11.6 Å². The minimum atomic E-state index is -0.304. The molecular formula is C17H16FN3. The topological polar surface area (TPSA) is 42.2 Å². The molecule has 1 heterocycles. The molecule has 3 aromatic rings. The van der Waals surface area contributed by atoms with Gasteiger partial charge in [-0.3, -0.25) is 0 Å². The van der Waals surface area contributed by atoms with Crippen LogP contribution in [0.2, 0.25) is 0 Å². The highest BCUT2D eigenvalue weighted by molar-refractivity contribution is 5.99. The number of nitrogen functional groups attached to an aromatic ring is 1. The highest BCUT2D eigenvalue weighted by Gasteiger charge is 2.13. The lowest BCUT2D eigenvalue weighted by atomic mass is 10.1. The molecule has 3 nitrogen and oxygen atoms in total. The van der Waals surface area contributed by atoms with Crippen molar-refractivity contribution in [2.45, 2.75) is 6.54 Å². The molecule has 0 fully saturated rings. The predicted octanol–water partition coefficient (Wildman–Crippen LogP) is 3.59. The third-order valence-corrected chi connectivity index (χ3v) is 3.51. The SMILES string of the molecule is CN(Cc1ccccc1)c1nccc2c(N)ccc(F)c12. The van der Waals surface area contributed by atoms with Crippen molar-refractivity contribution in [3.8, 4) is 0 Å². The molecule has 21 heavy (non-hydrogen) atoms. The number of halogens is 1. The second-order valence-corrected chi connectivity index (χ2v) is 5.04. The van der Waals surface area contributed by atoms with Gasteiger partial charge in [-0.25, -0.2) is 9.37 Å². The first kappa shape index (κ1) is 13.4. The molecule has 0 bridgehead atoms. The maximum absolute atomic E-state index is 14.2. The molecule has 2 N–H and O–H groups in total. The Morgan fingerprint density at radius 3 is 2.62 bits per heavy atom. The minimum Gasteiger partial charge on any atom is -0.398 e. The summed E-state index contributed by atoms with van der Waals surface area (Å²) in [4.78, 5) is 6.27. The molecule has 0 unspecified atom stereocenters. The zero-order valence-electron chi connectivity index (χ0n) is 11.8. The number of nitrogens with zero attached hydrogens (tertiary/aromatic N) is 2. The number of pyridine rings is 1. The Kier molecular flexibility index (Phi) is 3.44. The molecule has 0 saturated carbocycles. The van der Waals surface area contributed by atoms with Crippen LogP contribution < -0.4 is 10.6 Å². The van der Waals surface area contributed by atoms with E-state index in [4.69, 9.17) is 5.73 Å². The van der Waals surface area contributed by atoms with Crippen LogP contribution in [0, 0.1) is 5.82 Å². The molecule has 0 aliphatic heterocycles. The Morgan fingerprint density at radius 2 is 1.86 bits per heavy atom. The van der Waals surface area contributed by atoms with Crippen LogP contribution in [0.15, 0.2) is 54.7 Å². The number of benzene rings is 2. The van der Waals surface area contributed by atoms with Gasteiger partial charge in [0.2, 0.25) is 0 Å². The van der Waals surface area contributed by atoms with Gasteiger partial charge in [0.15, 0.2) is 0 Å². The number of hydrogen-bond donors (Lipinski definition) is 1. The van der Waals surface area contributed by atoms with Crippen molar-refractivity contribution in [2.75, 3.05) is 17.7 Å². The third-order valence-electron chi connectivity index (χ3n) is 3.51. The van der Waals surface area contributed by atoms with E-state index < -0.39 is 0 Å². The molecule has 0 spiro atoms. The first-order valence-electron chi connectivity index (χ1n) is 6.74. The molecule has 4 heteroatoms. The smallest absolute Gasteiger partial charge is 0.139 e. The zero-order valence-corrected chi connectivity index (χ0v) is 11.8. The van der Waals surface area contributed by atoms with Gasteiger partial charge in [0.05, 0.1) is 5.39 Å². The van der Waals surface area contributed by atoms with Crippen molar-refractivity contribution in [3.63, 3.8) is 0 Å². The van der Waals surface area contributed by atoms with E-state index in [1.165, 1.54) is 6.07 Å². The van der Waals surface area contributed by atoms with E-state index >= 15 is 0 Å². The summed E-state index contributed by atoms with van der Waals surface area (Å²) in [5, 5.41) is 1.16. The maximum Gasteiger partial charge on any atom is 0.139 e. The standard InChI is InChI=1S/C17H16FN3/c1-21(11-12-5-3-2-4-6-12)17-16-13(9-10-20-17)15(19)8-7-14(16)18/h2-10H,11,19H2,1H3. The average molecular weight is 281 g/mol. The van der Waals surface area contributed by atoms with Crippen LogP contribution in [0.25, 0.3) is 10.8 Å². The van der Waals surface area contributed by atoms with Gasteiger partial charge in [-0.2, -0.15) is 0 Å². The molecule has 0 amide bonds. The second kappa shape index (κ2) is 5.40.